The Kier molecular flexibility index (Phi) is 5.91. The third-order valence-corrected chi connectivity index (χ3v) is 6.29. The van der Waals surface area contributed by atoms with Crippen LogP contribution in [0.4, 0.5) is 5.95 Å². The van der Waals surface area contributed by atoms with Crippen LogP contribution in [-0.2, 0) is 4.74 Å². The Bertz CT molecular complexity index is 1190. The van der Waals surface area contributed by atoms with Crippen LogP contribution < -0.4 is 4.90 Å². The van der Waals surface area contributed by atoms with Gasteiger partial charge in [0, 0.05) is 18.7 Å². The van der Waals surface area contributed by atoms with Crippen molar-refractivity contribution < 1.29 is 9.15 Å². The number of nitrogens with zero attached hydrogens (tertiary/aromatic N) is 6. The van der Waals surface area contributed by atoms with Crippen molar-refractivity contribution in [3.63, 3.8) is 0 Å². The maximum Gasteiger partial charge on any atom is 0.247 e. The van der Waals surface area contributed by atoms with Crippen LogP contribution in [0.15, 0.2) is 64.2 Å². The fourth-order valence-corrected chi connectivity index (χ4v) is 4.50. The first-order chi connectivity index (χ1) is 15.7. The van der Waals surface area contributed by atoms with Crippen molar-refractivity contribution in [1.82, 2.24) is 25.0 Å². The smallest absolute Gasteiger partial charge is 0.247 e. The van der Waals surface area contributed by atoms with Gasteiger partial charge in [-0.3, -0.25) is 4.57 Å². The van der Waals surface area contributed by atoms with E-state index in [1.807, 2.05) is 37.3 Å². The van der Waals surface area contributed by atoms with Crippen LogP contribution >= 0.6 is 11.8 Å². The van der Waals surface area contributed by atoms with E-state index in [-0.39, 0.29) is 5.25 Å². The van der Waals surface area contributed by atoms with Crippen LogP contribution in [0.3, 0.4) is 0 Å². The first-order valence-electron chi connectivity index (χ1n) is 10.6. The lowest BCUT2D eigenvalue weighted by molar-refractivity contribution is 0.122. The average Bonchev–Trinajstić information content (AvgIpc) is 3.48. The van der Waals surface area contributed by atoms with E-state index in [0.717, 1.165) is 35.4 Å². The average molecular weight is 449 g/mol. The highest BCUT2D eigenvalue weighted by atomic mass is 32.2. The molecule has 32 heavy (non-hydrogen) atoms. The van der Waals surface area contributed by atoms with Crippen molar-refractivity contribution in [3.8, 4) is 17.1 Å². The summed E-state index contributed by atoms with van der Waals surface area (Å²) in [5.74, 6) is 1.90. The summed E-state index contributed by atoms with van der Waals surface area (Å²) in [6, 6.07) is 18.1. The van der Waals surface area contributed by atoms with E-state index < -0.39 is 0 Å². The van der Waals surface area contributed by atoms with E-state index in [1.54, 1.807) is 11.8 Å². The van der Waals surface area contributed by atoms with E-state index in [0.29, 0.717) is 25.0 Å². The molecule has 0 radical (unpaired) electrons. The SMILES string of the molecule is Cc1cccc(-n2c(S[C@@H](C)c3nnc(-c4ccccc4)o3)nnc2N2CCOCC2)c1. The molecule has 1 fully saturated rings. The molecule has 0 saturated carbocycles. The van der Waals surface area contributed by atoms with Gasteiger partial charge in [0.05, 0.1) is 24.2 Å². The summed E-state index contributed by atoms with van der Waals surface area (Å²) in [5.41, 5.74) is 3.11. The molecule has 1 aliphatic heterocycles. The largest absolute Gasteiger partial charge is 0.419 e. The predicted molar refractivity (Wildman–Crippen MR) is 123 cm³/mol. The van der Waals surface area contributed by atoms with Gasteiger partial charge in [-0.2, -0.15) is 0 Å². The zero-order chi connectivity index (χ0) is 21.9. The summed E-state index contributed by atoms with van der Waals surface area (Å²) in [6.45, 7) is 7.06. The summed E-state index contributed by atoms with van der Waals surface area (Å²) in [4.78, 5) is 2.22. The Balaban J connectivity index is 1.45. The van der Waals surface area contributed by atoms with Crippen molar-refractivity contribution in [3.05, 3.63) is 66.1 Å². The molecule has 0 amide bonds. The molecule has 4 aromatic rings. The maximum absolute atomic E-state index is 5.96. The van der Waals surface area contributed by atoms with Crippen LogP contribution in [-0.4, -0.2) is 51.3 Å². The van der Waals surface area contributed by atoms with Crippen LogP contribution in [0.25, 0.3) is 17.1 Å². The summed E-state index contributed by atoms with van der Waals surface area (Å²) in [7, 11) is 0. The lowest BCUT2D eigenvalue weighted by atomic mass is 10.2. The van der Waals surface area contributed by atoms with Gasteiger partial charge in [0.15, 0.2) is 5.16 Å². The molecule has 2 aromatic carbocycles. The molecule has 0 bridgehead atoms. The van der Waals surface area contributed by atoms with Crippen LogP contribution in [0.1, 0.15) is 23.6 Å². The van der Waals surface area contributed by atoms with Crippen LogP contribution in [0.5, 0.6) is 0 Å². The Hall–Kier alpha value is -3.17. The van der Waals surface area contributed by atoms with Gasteiger partial charge >= 0.3 is 0 Å². The highest BCUT2D eigenvalue weighted by molar-refractivity contribution is 7.99. The van der Waals surface area contributed by atoms with Gasteiger partial charge in [-0.05, 0) is 43.7 Å². The van der Waals surface area contributed by atoms with E-state index in [4.69, 9.17) is 9.15 Å². The molecule has 3 heterocycles. The zero-order valence-electron chi connectivity index (χ0n) is 18.0. The van der Waals surface area contributed by atoms with Gasteiger partial charge in [-0.25, -0.2) is 0 Å². The Morgan fingerprint density at radius 3 is 2.53 bits per heavy atom. The summed E-state index contributed by atoms with van der Waals surface area (Å²) >= 11 is 1.55. The number of morpholine rings is 1. The predicted octanol–water partition coefficient (Wildman–Crippen LogP) is 4.32. The normalized spacial score (nSPS) is 15.1. The number of hydrogen-bond donors (Lipinski definition) is 0. The maximum atomic E-state index is 5.96. The number of benzene rings is 2. The van der Waals surface area contributed by atoms with Crippen molar-refractivity contribution in [2.24, 2.45) is 0 Å². The lowest BCUT2D eigenvalue weighted by Crippen LogP contribution is -2.37. The quantitative estimate of drug-likeness (QED) is 0.404. The number of hydrogen-bond acceptors (Lipinski definition) is 8. The Morgan fingerprint density at radius 2 is 1.75 bits per heavy atom. The summed E-state index contributed by atoms with van der Waals surface area (Å²) < 4.78 is 13.6. The molecule has 164 valence electrons. The van der Waals surface area contributed by atoms with Gasteiger partial charge in [0.1, 0.15) is 0 Å². The number of rotatable bonds is 6. The van der Waals surface area contributed by atoms with Gasteiger partial charge in [-0.15, -0.1) is 20.4 Å². The van der Waals surface area contributed by atoms with Gasteiger partial charge in [0.2, 0.25) is 17.7 Å². The molecule has 0 aliphatic carbocycles. The van der Waals surface area contributed by atoms with E-state index in [2.05, 4.69) is 61.1 Å². The molecule has 1 saturated heterocycles. The number of ether oxygens (including phenoxy) is 1. The minimum Gasteiger partial charge on any atom is -0.419 e. The highest BCUT2D eigenvalue weighted by Crippen LogP contribution is 2.37. The van der Waals surface area contributed by atoms with Crippen molar-refractivity contribution in [1.29, 1.82) is 0 Å². The fourth-order valence-electron chi connectivity index (χ4n) is 3.60. The molecule has 1 aliphatic rings. The molecule has 8 nitrogen and oxygen atoms in total. The number of aryl methyl sites for hydroxylation is 1. The number of aromatic nitrogens is 5. The Labute approximate surface area is 190 Å². The minimum atomic E-state index is -0.0924. The first kappa shape index (κ1) is 20.7. The van der Waals surface area contributed by atoms with Crippen LogP contribution in [0, 0.1) is 6.92 Å². The topological polar surface area (TPSA) is 82.1 Å². The molecule has 0 spiro atoms. The first-order valence-corrected chi connectivity index (χ1v) is 11.5. The molecular formula is C23H24N6O2S. The number of thioether (sulfide) groups is 1. The Morgan fingerprint density at radius 1 is 0.938 bits per heavy atom. The second-order valence-electron chi connectivity index (χ2n) is 7.63. The van der Waals surface area contributed by atoms with Crippen molar-refractivity contribution in [2.45, 2.75) is 24.3 Å². The summed E-state index contributed by atoms with van der Waals surface area (Å²) in [6.07, 6.45) is 0. The third-order valence-electron chi connectivity index (χ3n) is 5.26. The van der Waals surface area contributed by atoms with E-state index in [1.165, 1.54) is 5.56 Å². The van der Waals surface area contributed by atoms with Gasteiger partial charge < -0.3 is 14.1 Å². The van der Waals surface area contributed by atoms with E-state index >= 15 is 0 Å². The van der Waals surface area contributed by atoms with E-state index in [9.17, 15) is 0 Å². The lowest BCUT2D eigenvalue weighted by Gasteiger charge is -2.28. The highest BCUT2D eigenvalue weighted by Gasteiger charge is 2.25. The minimum absolute atomic E-state index is 0.0924. The molecule has 0 N–H and O–H groups in total. The van der Waals surface area contributed by atoms with Crippen molar-refractivity contribution in [2.75, 3.05) is 31.2 Å². The fraction of sp³-hybridized carbons (Fsp3) is 0.304. The second-order valence-corrected chi connectivity index (χ2v) is 8.94. The molecule has 1 atom stereocenters. The molecule has 9 heteroatoms. The molecule has 2 aromatic heterocycles. The molecule has 0 unspecified atom stereocenters. The van der Waals surface area contributed by atoms with Gasteiger partial charge in [-0.1, -0.05) is 42.1 Å². The zero-order valence-corrected chi connectivity index (χ0v) is 18.8. The molecule has 5 rings (SSSR count). The standard InChI is InChI=1S/C23H24N6O2S/c1-16-7-6-10-19(15-16)29-22(28-11-13-30-14-12-28)26-27-23(29)32-17(2)20-24-25-21(31-20)18-8-4-3-5-9-18/h3-10,15,17H,11-14H2,1-2H3/t17-/m0/s1. The van der Waals surface area contributed by atoms with Gasteiger partial charge in [0.25, 0.3) is 0 Å². The van der Waals surface area contributed by atoms with Crippen molar-refractivity contribution >= 4 is 17.7 Å². The van der Waals surface area contributed by atoms with Crippen LogP contribution in [0.2, 0.25) is 0 Å². The monoisotopic (exact) mass is 448 g/mol. The summed E-state index contributed by atoms with van der Waals surface area (Å²) in [5, 5.41) is 18.3. The third kappa shape index (κ3) is 4.26. The number of anilines is 1. The second kappa shape index (κ2) is 9.13. The molecular weight excluding hydrogens is 424 g/mol.